The molecule has 2 aromatic rings. The Morgan fingerprint density at radius 3 is 1.44 bits per heavy atom. The van der Waals surface area contributed by atoms with Crippen LogP contribution in [0.5, 0.6) is 0 Å². The van der Waals surface area contributed by atoms with Gasteiger partial charge in [0.05, 0.1) is 18.3 Å². The minimum atomic E-state index is -0.438. The van der Waals surface area contributed by atoms with E-state index in [0.717, 1.165) is 134 Å². The van der Waals surface area contributed by atoms with Crippen molar-refractivity contribution in [2.45, 2.75) is 229 Å². The molecule has 2 N–H and O–H groups in total. The molecule has 8 saturated carbocycles. The maximum Gasteiger partial charge on any atom is 1.00 e. The average molecular weight is 1130 g/mol. The molecule has 0 bridgehead atoms. The molecule has 2 aromatic carbocycles. The van der Waals surface area contributed by atoms with Crippen LogP contribution in [0.25, 0.3) is 0 Å². The summed E-state index contributed by atoms with van der Waals surface area (Å²) in [5, 5.41) is 22.6. The second kappa shape index (κ2) is 30.2. The van der Waals surface area contributed by atoms with Crippen molar-refractivity contribution in [2.24, 2.45) is 81.8 Å². The van der Waals surface area contributed by atoms with E-state index in [-0.39, 0.29) is 62.3 Å². The van der Waals surface area contributed by atoms with Crippen LogP contribution in [-0.2, 0) is 27.2 Å². The number of halogens is 1. The van der Waals surface area contributed by atoms with Gasteiger partial charge in [0.25, 0.3) is 0 Å². The van der Waals surface area contributed by atoms with E-state index in [0.29, 0.717) is 11.7 Å². The van der Waals surface area contributed by atoms with Crippen LogP contribution in [-0.4, -0.2) is 65.5 Å². The molecule has 1 amide bonds. The predicted octanol–water partition coefficient (Wildman–Crippen LogP) is 14.2. The maximum absolute atomic E-state index is 13.5. The Hall–Kier alpha value is -1.50. The van der Waals surface area contributed by atoms with E-state index < -0.39 is 11.2 Å². The molecule has 0 aromatic heterocycles. The standard InChI is InChI=1S/C28H40O2.C22H37NO3.C8H9Br.C4H8O.C4H9.2CH4.Li/c1-4-18-5-7-19(8-6-18)26(29)25-12-11-24-23-10-9-20-17-27(2,30)15-13-21(20)22(23)14-16-28(24,25)3;1-21(25)11-9-15-14(13-21)5-6-17-16(15)10-12-22(2)18(17)7-8-19(22)20(24)23(3)26-4;1-2-7-3-5-8(9)6-4-7;1-2-4-5-3-1;1-3-4-2;;;/h5-8,20-25,30H,4,9-17H2,1-3H3;14-19,25H,5-13H2,1-4H3;3-6H,2H2,1H3;1-4H2;1,3-4H2,2H3;2*1H4;/q;;;;-1;;;+1/t20-,21+,22-,23-,24+,25-,27-,28+;14-,15+,16-,17-,18+,19-,21-,22+;;;;;;/m11....../s1. The zero-order valence-electron chi connectivity index (χ0n) is 49.0. The van der Waals surface area contributed by atoms with Gasteiger partial charge >= 0.3 is 18.9 Å². The summed E-state index contributed by atoms with van der Waals surface area (Å²) >= 11 is 3.37. The Morgan fingerprint density at radius 1 is 0.623 bits per heavy atom. The molecule has 0 spiro atoms. The van der Waals surface area contributed by atoms with Crippen molar-refractivity contribution in [3.63, 3.8) is 0 Å². The van der Waals surface area contributed by atoms with Crippen LogP contribution in [0.2, 0.25) is 0 Å². The van der Waals surface area contributed by atoms with Gasteiger partial charge in [0.2, 0.25) is 5.91 Å². The number of Topliss-reactive ketones (excluding diaryl/α,β-unsaturated/α-hetero) is 1. The number of aliphatic hydroxyl groups is 2. The fraction of sp³-hybridized carbons (Fsp3) is 0.779. The second-order valence-corrected chi connectivity index (χ2v) is 27.2. The van der Waals surface area contributed by atoms with Crippen LogP contribution in [0, 0.1) is 88.8 Å². The number of amides is 1. The number of benzene rings is 2. The summed E-state index contributed by atoms with van der Waals surface area (Å²) in [6.45, 7) is 21.0. The third-order valence-electron chi connectivity index (χ3n) is 21.8. The summed E-state index contributed by atoms with van der Waals surface area (Å²) in [5.74, 6) is 8.72. The molecule has 9 heteroatoms. The normalized spacial score (nSPS) is 37.8. The van der Waals surface area contributed by atoms with Gasteiger partial charge in [-0.2, -0.15) is 6.42 Å². The molecule has 432 valence electrons. The zero-order chi connectivity index (χ0) is 53.4. The van der Waals surface area contributed by atoms with Crippen molar-refractivity contribution in [3.8, 4) is 0 Å². The number of rotatable bonds is 7. The van der Waals surface area contributed by atoms with Crippen molar-refractivity contribution < 1.29 is 48.2 Å². The number of ketones is 1. The van der Waals surface area contributed by atoms with Crippen LogP contribution in [0.4, 0.5) is 0 Å². The third kappa shape index (κ3) is 16.0. The van der Waals surface area contributed by atoms with Gasteiger partial charge in [0.15, 0.2) is 5.78 Å². The van der Waals surface area contributed by atoms with E-state index in [4.69, 9.17) is 9.57 Å². The minimum absolute atomic E-state index is 0. The van der Waals surface area contributed by atoms with Gasteiger partial charge in [0, 0.05) is 42.1 Å². The van der Waals surface area contributed by atoms with Gasteiger partial charge in [0.1, 0.15) is 0 Å². The Bertz CT molecular complexity index is 2060. The molecule has 7 nitrogen and oxygen atoms in total. The monoisotopic (exact) mass is 1120 g/mol. The van der Waals surface area contributed by atoms with Crippen molar-refractivity contribution in [2.75, 3.05) is 27.4 Å². The van der Waals surface area contributed by atoms with Crippen LogP contribution < -0.4 is 18.9 Å². The van der Waals surface area contributed by atoms with E-state index in [1.165, 1.54) is 113 Å². The summed E-state index contributed by atoms with van der Waals surface area (Å²) in [5.41, 5.74) is 3.10. The number of unbranched alkanes of at least 4 members (excludes halogenated alkanes) is 1. The van der Waals surface area contributed by atoms with Gasteiger partial charge in [-0.05, 0) is 248 Å². The molecule has 8 aliphatic carbocycles. The second-order valence-electron chi connectivity index (χ2n) is 26.3. The smallest absolute Gasteiger partial charge is 0.390 e. The topological polar surface area (TPSA) is 96.3 Å². The Morgan fingerprint density at radius 2 is 1.04 bits per heavy atom. The number of ether oxygens (including phenoxy) is 1. The summed E-state index contributed by atoms with van der Waals surface area (Å²) in [4.78, 5) is 31.6. The zero-order valence-corrected chi connectivity index (χ0v) is 50.6. The number of nitrogens with zero attached hydrogens (tertiary/aromatic N) is 1. The number of carbonyl (C=O) groups excluding carboxylic acids is 2. The molecule has 1 saturated heterocycles. The van der Waals surface area contributed by atoms with Crippen molar-refractivity contribution in [3.05, 3.63) is 76.6 Å². The number of aryl methyl sites for hydroxylation is 2. The first kappa shape index (κ1) is 68.0. The number of hydrogen-bond donors (Lipinski definition) is 2. The summed E-state index contributed by atoms with van der Waals surface area (Å²) < 4.78 is 6.10. The van der Waals surface area contributed by atoms with Gasteiger partial charge in [-0.3, -0.25) is 14.4 Å². The summed E-state index contributed by atoms with van der Waals surface area (Å²) in [6.07, 6.45) is 28.1. The van der Waals surface area contributed by atoms with Crippen LogP contribution in [0.15, 0.2) is 53.0 Å². The van der Waals surface area contributed by atoms with E-state index in [1.54, 1.807) is 14.2 Å². The Labute approximate surface area is 492 Å². The van der Waals surface area contributed by atoms with Crippen LogP contribution in [0.3, 0.4) is 0 Å². The van der Waals surface area contributed by atoms with Crippen LogP contribution in [0.1, 0.15) is 226 Å². The minimum Gasteiger partial charge on any atom is -0.390 e. The Kier molecular flexibility index (Phi) is 26.6. The first-order valence-corrected chi connectivity index (χ1v) is 31.1. The van der Waals surface area contributed by atoms with Gasteiger partial charge in [-0.25, -0.2) is 5.06 Å². The fourth-order valence-electron chi connectivity index (χ4n) is 17.6. The summed E-state index contributed by atoms with van der Waals surface area (Å²) in [7, 11) is 3.34. The SMILES string of the molecule is C.C.C1CCOC1.CCc1ccc(Br)cc1.CCc1ccc(C(=O)[C@H]2CC[C@H]3[C@@H]4CC[C@@H]5C[C@](C)(O)CC[C@@H]5[C@H]4CC[C@]23C)cc1.CON(C)C(=O)[C@H]1CC[C@H]2[C@@H]3CC[C@@H]4C[C@](C)(O)CC[C@@H]4[C@H]3CC[C@]12C.[CH2-]CCC.[Li+]. The first-order valence-electron chi connectivity index (χ1n) is 30.3. The molecule has 9 aliphatic rings. The van der Waals surface area contributed by atoms with Crippen molar-refractivity contribution in [1.29, 1.82) is 0 Å². The molecule has 0 radical (unpaired) electrons. The Balaban J connectivity index is 0.000000246. The molecule has 1 aliphatic heterocycles. The summed E-state index contributed by atoms with van der Waals surface area (Å²) in [6, 6.07) is 16.8. The molecular weight excluding hydrogens is 1010 g/mol. The van der Waals surface area contributed by atoms with E-state index >= 15 is 0 Å². The quantitative estimate of drug-likeness (QED) is 0.124. The van der Waals surface area contributed by atoms with Gasteiger partial charge in [-0.15, -0.1) is 0 Å². The number of fused-ring (bicyclic) bond motifs is 10. The van der Waals surface area contributed by atoms with E-state index in [2.05, 4.69) is 106 Å². The van der Waals surface area contributed by atoms with Crippen molar-refractivity contribution in [1.82, 2.24) is 5.06 Å². The van der Waals surface area contributed by atoms with Crippen LogP contribution >= 0.6 is 15.9 Å². The number of hydrogen-bond acceptors (Lipinski definition) is 6. The van der Waals surface area contributed by atoms with E-state index in [1.807, 2.05) is 13.8 Å². The molecule has 16 atom stereocenters. The average Bonchev–Trinajstić information content (AvgIpc) is 4.19. The number of hydroxylamine groups is 2. The molecule has 77 heavy (non-hydrogen) atoms. The molecule has 0 unspecified atom stereocenters. The molecule has 9 fully saturated rings. The maximum atomic E-state index is 13.5. The fourth-order valence-corrected chi connectivity index (χ4v) is 17.9. The van der Waals surface area contributed by atoms with Gasteiger partial charge in [-0.1, -0.05) is 108 Å². The number of carbonyl (C=O) groups is 2. The van der Waals surface area contributed by atoms with Crippen molar-refractivity contribution >= 4 is 27.6 Å². The molecule has 1 heterocycles. The largest absolute Gasteiger partial charge is 1.00 e. The molecular formula is C68H111BrLiNO6. The van der Waals surface area contributed by atoms with Gasteiger partial charge < -0.3 is 21.9 Å². The first-order chi connectivity index (χ1) is 35.3. The predicted molar refractivity (Wildman–Crippen MR) is 320 cm³/mol. The van der Waals surface area contributed by atoms with E-state index in [9.17, 15) is 19.8 Å². The third-order valence-corrected chi connectivity index (χ3v) is 22.4. The molecule has 11 rings (SSSR count).